The largest absolute Gasteiger partial charge is 0.494 e. The second-order valence-corrected chi connectivity index (χ2v) is 7.20. The average molecular weight is 425 g/mol. The van der Waals surface area contributed by atoms with Gasteiger partial charge in [0.05, 0.1) is 12.1 Å². The summed E-state index contributed by atoms with van der Waals surface area (Å²) in [5.41, 5.74) is 0.845. The number of halogens is 1. The zero-order valence-electron chi connectivity index (χ0n) is 14.4. The highest BCUT2D eigenvalue weighted by molar-refractivity contribution is 9.10. The van der Waals surface area contributed by atoms with Crippen molar-refractivity contribution in [2.75, 3.05) is 6.61 Å². The Morgan fingerprint density at radius 1 is 1.04 bits per heavy atom. The molecular formula is C21H17BrN2O3. The maximum absolute atomic E-state index is 11.1. The normalized spacial score (nSPS) is 11.1. The first-order chi connectivity index (χ1) is 13.2. The molecule has 0 saturated heterocycles. The van der Waals surface area contributed by atoms with E-state index in [2.05, 4.69) is 33.2 Å². The third kappa shape index (κ3) is 3.40. The van der Waals surface area contributed by atoms with E-state index in [1.165, 1.54) is 5.39 Å². The van der Waals surface area contributed by atoms with Gasteiger partial charge in [0.2, 0.25) is 5.88 Å². The molecule has 1 heterocycles. The Balaban J connectivity index is 1.47. The molecule has 6 heteroatoms. The standard InChI is InChI=1S/C21H17BrN2O3/c22-16-7-9-19-18(13-16)20(23-26)21(25)24(19)10-3-11-27-17-8-6-14-4-1-2-5-15(14)12-17/h1-2,4-9,12-13,25H,3,10-11H2. The number of benzene rings is 3. The van der Waals surface area contributed by atoms with Crippen LogP contribution in [0, 0.1) is 4.91 Å². The van der Waals surface area contributed by atoms with Crippen molar-refractivity contribution in [2.45, 2.75) is 13.0 Å². The monoisotopic (exact) mass is 424 g/mol. The molecule has 0 radical (unpaired) electrons. The summed E-state index contributed by atoms with van der Waals surface area (Å²) in [5, 5.41) is 16.3. The van der Waals surface area contributed by atoms with Gasteiger partial charge >= 0.3 is 0 Å². The lowest BCUT2D eigenvalue weighted by atomic mass is 10.1. The quantitative estimate of drug-likeness (QED) is 0.299. The molecule has 4 rings (SSSR count). The topological polar surface area (TPSA) is 63.8 Å². The fraction of sp³-hybridized carbons (Fsp3) is 0.143. The third-order valence-electron chi connectivity index (χ3n) is 4.58. The molecule has 0 saturated carbocycles. The van der Waals surface area contributed by atoms with E-state index >= 15 is 0 Å². The van der Waals surface area contributed by atoms with Crippen LogP contribution in [0.25, 0.3) is 21.7 Å². The van der Waals surface area contributed by atoms with E-state index in [-0.39, 0.29) is 11.6 Å². The number of aryl methyl sites for hydroxylation is 1. The summed E-state index contributed by atoms with van der Waals surface area (Å²) in [6, 6.07) is 19.7. The van der Waals surface area contributed by atoms with Crippen molar-refractivity contribution in [3.8, 4) is 11.6 Å². The van der Waals surface area contributed by atoms with Gasteiger partial charge in [-0.3, -0.25) is 0 Å². The molecule has 1 N–H and O–H groups in total. The average Bonchev–Trinajstić information content (AvgIpc) is 2.95. The molecule has 3 aromatic carbocycles. The Bertz CT molecular complexity index is 1140. The molecule has 27 heavy (non-hydrogen) atoms. The molecule has 0 unspecified atom stereocenters. The molecule has 0 amide bonds. The van der Waals surface area contributed by atoms with Crippen LogP contribution < -0.4 is 4.74 Å². The maximum atomic E-state index is 11.1. The molecule has 0 spiro atoms. The number of aromatic hydroxyl groups is 1. The molecule has 0 aliphatic rings. The molecular weight excluding hydrogens is 408 g/mol. The Morgan fingerprint density at radius 3 is 2.67 bits per heavy atom. The van der Waals surface area contributed by atoms with Gasteiger partial charge in [0.15, 0.2) is 5.69 Å². The van der Waals surface area contributed by atoms with Crippen molar-refractivity contribution in [1.29, 1.82) is 0 Å². The van der Waals surface area contributed by atoms with Gasteiger partial charge in [-0.1, -0.05) is 46.3 Å². The van der Waals surface area contributed by atoms with Crippen LogP contribution in [0.2, 0.25) is 0 Å². The van der Waals surface area contributed by atoms with Gasteiger partial charge in [0.1, 0.15) is 5.75 Å². The van der Waals surface area contributed by atoms with Crippen LogP contribution in [0.15, 0.2) is 70.3 Å². The summed E-state index contributed by atoms with van der Waals surface area (Å²) in [6.45, 7) is 1.02. The van der Waals surface area contributed by atoms with E-state index in [1.54, 1.807) is 10.6 Å². The molecule has 0 atom stereocenters. The van der Waals surface area contributed by atoms with E-state index in [1.807, 2.05) is 42.5 Å². The van der Waals surface area contributed by atoms with Gasteiger partial charge in [-0.25, -0.2) is 0 Å². The lowest BCUT2D eigenvalue weighted by Crippen LogP contribution is -2.04. The predicted octanol–water partition coefficient (Wildman–Crippen LogP) is 6.13. The van der Waals surface area contributed by atoms with E-state index in [4.69, 9.17) is 4.74 Å². The highest BCUT2D eigenvalue weighted by atomic mass is 79.9. The van der Waals surface area contributed by atoms with Crippen LogP contribution in [0.1, 0.15) is 6.42 Å². The molecule has 0 aliphatic heterocycles. The Hall–Kier alpha value is -2.86. The number of fused-ring (bicyclic) bond motifs is 2. The van der Waals surface area contributed by atoms with Crippen LogP contribution in [0.3, 0.4) is 0 Å². The molecule has 136 valence electrons. The van der Waals surface area contributed by atoms with Crippen molar-refractivity contribution >= 4 is 43.3 Å². The first kappa shape index (κ1) is 17.5. The van der Waals surface area contributed by atoms with Crippen molar-refractivity contribution < 1.29 is 9.84 Å². The van der Waals surface area contributed by atoms with E-state index < -0.39 is 0 Å². The van der Waals surface area contributed by atoms with Gasteiger partial charge in [0, 0.05) is 16.4 Å². The van der Waals surface area contributed by atoms with Gasteiger partial charge in [0.25, 0.3) is 0 Å². The summed E-state index contributed by atoms with van der Waals surface area (Å²) < 4.78 is 8.38. The minimum Gasteiger partial charge on any atom is -0.494 e. The molecule has 0 bridgehead atoms. The second kappa shape index (κ2) is 7.40. The second-order valence-electron chi connectivity index (χ2n) is 6.29. The Morgan fingerprint density at radius 2 is 1.85 bits per heavy atom. The minimum absolute atomic E-state index is 0.0711. The molecule has 0 fully saturated rings. The van der Waals surface area contributed by atoms with Crippen molar-refractivity contribution in [3.05, 3.63) is 70.0 Å². The van der Waals surface area contributed by atoms with E-state index in [9.17, 15) is 10.0 Å². The first-order valence-corrected chi connectivity index (χ1v) is 9.42. The van der Waals surface area contributed by atoms with E-state index in [0.717, 1.165) is 21.1 Å². The van der Waals surface area contributed by atoms with Crippen molar-refractivity contribution in [3.63, 3.8) is 0 Å². The molecule has 0 aliphatic carbocycles. The number of hydrogen-bond acceptors (Lipinski definition) is 4. The number of aromatic nitrogens is 1. The number of nitroso groups, excluding NO2 is 1. The highest BCUT2D eigenvalue weighted by Crippen LogP contribution is 2.39. The maximum Gasteiger partial charge on any atom is 0.222 e. The van der Waals surface area contributed by atoms with E-state index in [0.29, 0.717) is 25.0 Å². The van der Waals surface area contributed by atoms with Crippen molar-refractivity contribution in [2.24, 2.45) is 5.18 Å². The van der Waals surface area contributed by atoms with Gasteiger partial charge < -0.3 is 14.4 Å². The SMILES string of the molecule is O=Nc1c(O)n(CCCOc2ccc3ccccc3c2)c2ccc(Br)cc12. The fourth-order valence-electron chi connectivity index (χ4n) is 3.28. The summed E-state index contributed by atoms with van der Waals surface area (Å²) in [5.74, 6) is 0.707. The number of rotatable bonds is 6. The zero-order valence-corrected chi connectivity index (χ0v) is 16.0. The lowest BCUT2D eigenvalue weighted by molar-refractivity contribution is 0.298. The van der Waals surface area contributed by atoms with Gasteiger partial charge in [-0.05, 0) is 52.7 Å². The third-order valence-corrected chi connectivity index (χ3v) is 5.07. The number of hydrogen-bond donors (Lipinski definition) is 1. The van der Waals surface area contributed by atoms with Gasteiger partial charge in [-0.2, -0.15) is 0 Å². The Kier molecular flexibility index (Phi) is 4.81. The summed E-state index contributed by atoms with van der Waals surface area (Å²) in [4.78, 5) is 11.1. The van der Waals surface area contributed by atoms with Crippen molar-refractivity contribution in [1.82, 2.24) is 4.57 Å². The molecule has 1 aromatic heterocycles. The van der Waals surface area contributed by atoms with Crippen LogP contribution >= 0.6 is 15.9 Å². The molecule has 4 aromatic rings. The van der Waals surface area contributed by atoms with Crippen LogP contribution in [-0.4, -0.2) is 16.3 Å². The Labute approximate surface area is 164 Å². The summed E-state index contributed by atoms with van der Waals surface area (Å²) in [7, 11) is 0. The fourth-order valence-corrected chi connectivity index (χ4v) is 3.64. The first-order valence-electron chi connectivity index (χ1n) is 8.63. The molecule has 5 nitrogen and oxygen atoms in total. The predicted molar refractivity (Wildman–Crippen MR) is 111 cm³/mol. The van der Waals surface area contributed by atoms with Crippen LogP contribution in [0.5, 0.6) is 11.6 Å². The van der Waals surface area contributed by atoms with Gasteiger partial charge in [-0.15, -0.1) is 4.91 Å². The summed E-state index contributed by atoms with van der Waals surface area (Å²) in [6.07, 6.45) is 0.679. The lowest BCUT2D eigenvalue weighted by Gasteiger charge is -2.09. The number of nitrogens with zero attached hydrogens (tertiary/aromatic N) is 2. The smallest absolute Gasteiger partial charge is 0.222 e. The highest BCUT2D eigenvalue weighted by Gasteiger charge is 2.17. The zero-order chi connectivity index (χ0) is 18.8. The number of ether oxygens (including phenoxy) is 1. The summed E-state index contributed by atoms with van der Waals surface area (Å²) >= 11 is 3.38. The minimum atomic E-state index is -0.108. The van der Waals surface area contributed by atoms with Crippen LogP contribution in [-0.2, 0) is 6.54 Å². The van der Waals surface area contributed by atoms with Crippen LogP contribution in [0.4, 0.5) is 5.69 Å².